The van der Waals surface area contributed by atoms with Crippen molar-refractivity contribution in [2.75, 3.05) is 11.5 Å². The summed E-state index contributed by atoms with van der Waals surface area (Å²) in [4.78, 5) is 37.0. The first-order valence-electron chi connectivity index (χ1n) is 8.08. The molecule has 0 radical (unpaired) electrons. The number of β-lactam (4-membered cyclic amide) rings is 1. The number of hydrogen-bond donors (Lipinski definition) is 0. The van der Waals surface area contributed by atoms with Crippen molar-refractivity contribution in [2.45, 2.75) is 13.0 Å². The van der Waals surface area contributed by atoms with Crippen molar-refractivity contribution in [1.29, 1.82) is 0 Å². The first kappa shape index (κ1) is 16.1. The number of rotatable bonds is 3. The van der Waals surface area contributed by atoms with Crippen LogP contribution in [0.1, 0.15) is 18.5 Å². The molecule has 8 heteroatoms. The van der Waals surface area contributed by atoms with Gasteiger partial charge in [0.15, 0.2) is 11.7 Å². The minimum Gasteiger partial charge on any atom is -0.465 e. The molecule has 2 atom stereocenters. The molecular formula is C18H14N2O6. The van der Waals surface area contributed by atoms with Gasteiger partial charge in [-0.1, -0.05) is 12.1 Å². The molecule has 0 aromatic heterocycles. The highest BCUT2D eigenvalue weighted by molar-refractivity contribution is 6.15. The number of ether oxygens (including phenoxy) is 2. The molecule has 26 heavy (non-hydrogen) atoms. The Labute approximate surface area is 148 Å². The van der Waals surface area contributed by atoms with E-state index in [1.807, 2.05) is 0 Å². The van der Waals surface area contributed by atoms with Crippen molar-refractivity contribution >= 4 is 23.3 Å². The fourth-order valence-electron chi connectivity index (χ4n) is 3.37. The molecule has 132 valence electrons. The molecule has 2 heterocycles. The minimum absolute atomic E-state index is 0.131. The van der Waals surface area contributed by atoms with Gasteiger partial charge in [-0.3, -0.25) is 24.6 Å². The predicted molar refractivity (Wildman–Crippen MR) is 90.0 cm³/mol. The lowest BCUT2D eigenvalue weighted by Crippen LogP contribution is -2.58. The van der Waals surface area contributed by atoms with Gasteiger partial charge in [0.1, 0.15) is 5.75 Å². The number of para-hydroxylation sites is 2. The van der Waals surface area contributed by atoms with Crippen LogP contribution in [0.3, 0.4) is 0 Å². The second kappa shape index (κ2) is 5.83. The van der Waals surface area contributed by atoms with E-state index in [2.05, 4.69) is 0 Å². The third-order valence-corrected chi connectivity index (χ3v) is 4.51. The number of nitro groups is 1. The Morgan fingerprint density at radius 2 is 2.04 bits per heavy atom. The second-order valence-corrected chi connectivity index (χ2v) is 5.93. The number of anilines is 1. The topological polar surface area (TPSA) is 99.0 Å². The van der Waals surface area contributed by atoms with Gasteiger partial charge in [0.2, 0.25) is 5.91 Å². The maximum atomic E-state index is 12.7. The molecule has 1 amide bonds. The number of benzene rings is 2. The molecule has 1 fully saturated rings. The maximum Gasteiger partial charge on any atom is 0.321 e. The highest BCUT2D eigenvalue weighted by Crippen LogP contribution is 2.53. The number of esters is 1. The molecule has 2 aliphatic rings. The third-order valence-electron chi connectivity index (χ3n) is 4.51. The van der Waals surface area contributed by atoms with E-state index in [1.165, 1.54) is 23.1 Å². The zero-order valence-electron chi connectivity index (χ0n) is 13.7. The molecule has 2 aromatic carbocycles. The lowest BCUT2D eigenvalue weighted by molar-refractivity contribution is -0.384. The van der Waals surface area contributed by atoms with Crippen LogP contribution in [0.5, 0.6) is 11.5 Å². The van der Waals surface area contributed by atoms with Crippen LogP contribution < -0.4 is 9.64 Å². The first-order chi connectivity index (χ1) is 12.5. The molecule has 4 rings (SSSR count). The van der Waals surface area contributed by atoms with Gasteiger partial charge in [0.25, 0.3) is 5.69 Å². The molecule has 2 aliphatic heterocycles. The van der Waals surface area contributed by atoms with Crippen LogP contribution in [-0.2, 0) is 14.3 Å². The summed E-state index contributed by atoms with van der Waals surface area (Å²) in [7, 11) is 0. The quantitative estimate of drug-likeness (QED) is 0.276. The summed E-state index contributed by atoms with van der Waals surface area (Å²) in [5.41, 5.74) is 0.916. The van der Waals surface area contributed by atoms with E-state index in [1.54, 1.807) is 31.2 Å². The van der Waals surface area contributed by atoms with Gasteiger partial charge in [0.05, 0.1) is 29.3 Å². The van der Waals surface area contributed by atoms with Gasteiger partial charge in [-0.25, -0.2) is 0 Å². The number of nitrogens with zero attached hydrogens (tertiary/aromatic N) is 2. The van der Waals surface area contributed by atoms with Gasteiger partial charge in [-0.05, 0) is 25.1 Å². The van der Waals surface area contributed by atoms with Crippen LogP contribution in [0.15, 0.2) is 42.5 Å². The lowest BCUT2D eigenvalue weighted by atomic mass is 9.81. The number of carbonyl (C=O) groups is 2. The van der Waals surface area contributed by atoms with Crippen LogP contribution in [0.2, 0.25) is 0 Å². The van der Waals surface area contributed by atoms with E-state index in [0.29, 0.717) is 17.0 Å². The molecule has 0 aliphatic carbocycles. The average molecular weight is 354 g/mol. The van der Waals surface area contributed by atoms with Gasteiger partial charge in [-0.2, -0.15) is 0 Å². The highest BCUT2D eigenvalue weighted by atomic mass is 16.6. The minimum atomic E-state index is -0.995. The summed E-state index contributed by atoms with van der Waals surface area (Å²) >= 11 is 0. The van der Waals surface area contributed by atoms with Crippen molar-refractivity contribution in [2.24, 2.45) is 5.92 Å². The zero-order chi connectivity index (χ0) is 18.4. The summed E-state index contributed by atoms with van der Waals surface area (Å²) in [6, 6.07) is 10.4. The monoisotopic (exact) mass is 354 g/mol. The Balaban J connectivity index is 1.88. The van der Waals surface area contributed by atoms with Crippen LogP contribution in [0.25, 0.3) is 0 Å². The Morgan fingerprint density at radius 3 is 2.77 bits per heavy atom. The van der Waals surface area contributed by atoms with Crippen molar-refractivity contribution in [1.82, 2.24) is 0 Å². The summed E-state index contributed by atoms with van der Waals surface area (Å²) in [6.07, 6.45) is 0. The van der Waals surface area contributed by atoms with E-state index in [9.17, 15) is 19.7 Å². The van der Waals surface area contributed by atoms with E-state index in [-0.39, 0.29) is 24.0 Å². The number of amides is 1. The molecule has 0 unspecified atom stereocenters. The number of nitro benzene ring substituents is 1. The van der Waals surface area contributed by atoms with E-state index < -0.39 is 22.9 Å². The summed E-state index contributed by atoms with van der Waals surface area (Å²) in [6.45, 7) is 1.83. The Kier molecular flexibility index (Phi) is 3.61. The first-order valence-corrected chi connectivity index (χ1v) is 8.08. The molecule has 0 bridgehead atoms. The molecule has 0 spiro atoms. The van der Waals surface area contributed by atoms with E-state index in [4.69, 9.17) is 9.47 Å². The highest BCUT2D eigenvalue weighted by Gasteiger charge is 2.56. The zero-order valence-corrected chi connectivity index (χ0v) is 13.7. The normalized spacial score (nSPS) is 19.9. The smallest absolute Gasteiger partial charge is 0.321 e. The molecule has 1 saturated heterocycles. The number of non-ortho nitro benzene ring substituents is 1. The van der Waals surface area contributed by atoms with Crippen molar-refractivity contribution in [3.8, 4) is 11.5 Å². The van der Waals surface area contributed by atoms with Crippen LogP contribution >= 0.6 is 0 Å². The lowest BCUT2D eigenvalue weighted by Gasteiger charge is -2.44. The van der Waals surface area contributed by atoms with Gasteiger partial charge in [0, 0.05) is 11.6 Å². The fraction of sp³-hybridized carbons (Fsp3) is 0.222. The van der Waals surface area contributed by atoms with Crippen molar-refractivity contribution in [3.05, 3.63) is 58.1 Å². The summed E-state index contributed by atoms with van der Waals surface area (Å²) in [5, 5.41) is 11.1. The van der Waals surface area contributed by atoms with Gasteiger partial charge < -0.3 is 9.47 Å². The Hall–Kier alpha value is -3.42. The standard InChI is InChI=1S/C18H14N2O6/c1-2-25-18(22)15-16-11-8-7-10(20(23)24)9-14(11)26-13-6-4-3-5-12(13)19(16)17(15)21/h3-9,15-16H,2H2,1H3/t15-,16-/m1/s1. The number of hydrogen-bond acceptors (Lipinski definition) is 6. The fourth-order valence-corrected chi connectivity index (χ4v) is 3.37. The SMILES string of the molecule is CCOC(=O)[C@H]1C(=O)N2c3ccccc3Oc3cc([N+](=O)[O-])ccc3[C@H]12. The second-order valence-electron chi connectivity index (χ2n) is 5.93. The molecular weight excluding hydrogens is 340 g/mol. The average Bonchev–Trinajstić information content (AvgIpc) is 2.73. The third kappa shape index (κ3) is 2.22. The Morgan fingerprint density at radius 1 is 1.27 bits per heavy atom. The van der Waals surface area contributed by atoms with E-state index in [0.717, 1.165) is 0 Å². The van der Waals surface area contributed by atoms with Crippen LogP contribution in [-0.4, -0.2) is 23.4 Å². The van der Waals surface area contributed by atoms with E-state index >= 15 is 0 Å². The molecule has 0 saturated carbocycles. The van der Waals surface area contributed by atoms with Gasteiger partial charge >= 0.3 is 5.97 Å². The molecule has 8 nitrogen and oxygen atoms in total. The summed E-state index contributed by atoms with van der Waals surface area (Å²) in [5.74, 6) is -1.34. The number of carbonyl (C=O) groups excluding carboxylic acids is 2. The largest absolute Gasteiger partial charge is 0.465 e. The predicted octanol–water partition coefficient (Wildman–Crippen LogP) is 2.97. The molecule has 0 N–H and O–H groups in total. The summed E-state index contributed by atoms with van der Waals surface area (Å²) < 4.78 is 10.9. The number of fused-ring (bicyclic) bond motifs is 5. The van der Waals surface area contributed by atoms with Crippen molar-refractivity contribution < 1.29 is 24.0 Å². The van der Waals surface area contributed by atoms with Gasteiger partial charge in [-0.15, -0.1) is 0 Å². The van der Waals surface area contributed by atoms with Crippen LogP contribution in [0, 0.1) is 16.0 Å². The van der Waals surface area contributed by atoms with Crippen molar-refractivity contribution in [3.63, 3.8) is 0 Å². The van der Waals surface area contributed by atoms with Crippen LogP contribution in [0.4, 0.5) is 11.4 Å². The Bertz CT molecular complexity index is 941. The molecule has 2 aromatic rings. The maximum absolute atomic E-state index is 12.7.